The van der Waals surface area contributed by atoms with E-state index in [1.807, 2.05) is 24.5 Å². The van der Waals surface area contributed by atoms with Crippen molar-refractivity contribution in [3.8, 4) is 0 Å². The summed E-state index contributed by atoms with van der Waals surface area (Å²) in [7, 11) is 0. The molecule has 2 rings (SSSR count). The van der Waals surface area contributed by atoms with E-state index in [1.165, 1.54) is 4.90 Å². The van der Waals surface area contributed by atoms with E-state index in [-0.39, 0.29) is 6.03 Å². The first-order valence-electron chi connectivity index (χ1n) is 6.49. The Hall–Kier alpha value is -1.69. The number of carbonyl (C=O) groups is 2. The second-order valence-corrected chi connectivity index (χ2v) is 5.59. The average molecular weight is 294 g/mol. The predicted molar refractivity (Wildman–Crippen MR) is 79.0 cm³/mol. The number of carboxylic acids is 1. The topological polar surface area (TPSA) is 69.6 Å². The van der Waals surface area contributed by atoms with Gasteiger partial charge in [-0.05, 0) is 23.8 Å². The number of nitrogens with zero attached hydrogens (tertiary/aromatic N) is 1. The molecule has 0 radical (unpaired) electrons. The summed E-state index contributed by atoms with van der Waals surface area (Å²) in [5.74, 6) is -0.175. The molecule has 0 bridgehead atoms. The maximum Gasteiger partial charge on any atom is 0.331 e. The maximum atomic E-state index is 12.1. The van der Waals surface area contributed by atoms with Crippen molar-refractivity contribution < 1.29 is 14.7 Å². The largest absolute Gasteiger partial charge is 0.479 e. The number of fused-ring (bicyclic) bond motifs is 1. The first-order valence-corrected chi connectivity index (χ1v) is 7.88. The number of rotatable bonds is 4. The van der Waals surface area contributed by atoms with Gasteiger partial charge in [-0.25, -0.2) is 9.59 Å². The van der Waals surface area contributed by atoms with Gasteiger partial charge in [-0.3, -0.25) is 0 Å². The fraction of sp³-hybridized carbons (Fsp3) is 0.429. The number of benzene rings is 1. The number of carbonyl (C=O) groups excluding carboxylic acids is 1. The Morgan fingerprint density at radius 3 is 2.90 bits per heavy atom. The van der Waals surface area contributed by atoms with Crippen molar-refractivity contribution in [2.75, 3.05) is 25.1 Å². The lowest BCUT2D eigenvalue weighted by atomic mass is 9.93. The Kier molecular flexibility index (Phi) is 4.89. The first kappa shape index (κ1) is 14.7. The number of amides is 2. The number of thioether (sulfide) groups is 1. The Morgan fingerprint density at radius 2 is 2.20 bits per heavy atom. The Labute approximate surface area is 122 Å². The highest BCUT2D eigenvalue weighted by Crippen LogP contribution is 2.29. The highest BCUT2D eigenvalue weighted by molar-refractivity contribution is 7.98. The highest BCUT2D eigenvalue weighted by Gasteiger charge is 2.35. The zero-order valence-electron chi connectivity index (χ0n) is 11.3. The number of nitrogens with one attached hydrogen (secondary N) is 1. The molecule has 1 aliphatic rings. The lowest BCUT2D eigenvalue weighted by Crippen LogP contribution is -2.48. The second-order valence-electron chi connectivity index (χ2n) is 4.61. The number of aliphatic carboxylic acids is 1. The standard InChI is InChI=1S/C14H18N2O3S/c1-20-9-7-15-14(19)16-8-6-10-4-2-3-5-11(10)12(16)13(17)18/h2-5,12H,6-9H2,1H3,(H,15,19)(H,17,18). The molecule has 0 spiro atoms. The third-order valence-electron chi connectivity index (χ3n) is 3.36. The summed E-state index contributed by atoms with van der Waals surface area (Å²) in [4.78, 5) is 25.1. The van der Waals surface area contributed by atoms with E-state index in [9.17, 15) is 14.7 Å². The van der Waals surface area contributed by atoms with Crippen LogP contribution in [-0.2, 0) is 11.2 Å². The van der Waals surface area contributed by atoms with E-state index in [2.05, 4.69) is 5.32 Å². The maximum absolute atomic E-state index is 12.1. The van der Waals surface area contributed by atoms with Crippen LogP contribution in [0, 0.1) is 0 Å². The van der Waals surface area contributed by atoms with Gasteiger partial charge in [0.1, 0.15) is 0 Å². The van der Waals surface area contributed by atoms with Gasteiger partial charge in [0, 0.05) is 18.8 Å². The lowest BCUT2D eigenvalue weighted by Gasteiger charge is -2.34. The number of hydrogen-bond donors (Lipinski definition) is 2. The van der Waals surface area contributed by atoms with Crippen molar-refractivity contribution in [1.29, 1.82) is 0 Å². The molecule has 0 aromatic heterocycles. The van der Waals surface area contributed by atoms with Crippen LogP contribution >= 0.6 is 11.8 Å². The molecule has 0 saturated heterocycles. The smallest absolute Gasteiger partial charge is 0.331 e. The lowest BCUT2D eigenvalue weighted by molar-refractivity contribution is -0.142. The minimum absolute atomic E-state index is 0.305. The van der Waals surface area contributed by atoms with E-state index in [1.54, 1.807) is 17.8 Å². The Bertz CT molecular complexity index is 507. The summed E-state index contributed by atoms with van der Waals surface area (Å²) in [6, 6.07) is 6.22. The van der Waals surface area contributed by atoms with Gasteiger partial charge in [0.25, 0.3) is 0 Å². The molecule has 1 aliphatic heterocycles. The van der Waals surface area contributed by atoms with Crippen LogP contribution in [-0.4, -0.2) is 47.1 Å². The molecule has 0 saturated carbocycles. The molecule has 1 aromatic rings. The van der Waals surface area contributed by atoms with Crippen molar-refractivity contribution in [2.24, 2.45) is 0 Å². The number of carboxylic acid groups (broad SMARTS) is 1. The van der Waals surface area contributed by atoms with Crippen LogP contribution < -0.4 is 5.32 Å². The summed E-state index contributed by atoms with van der Waals surface area (Å²) < 4.78 is 0. The first-order chi connectivity index (χ1) is 9.65. The van der Waals surface area contributed by atoms with Crippen molar-refractivity contribution in [3.63, 3.8) is 0 Å². The van der Waals surface area contributed by atoms with Crippen molar-refractivity contribution in [1.82, 2.24) is 10.2 Å². The van der Waals surface area contributed by atoms with Gasteiger partial charge in [0.05, 0.1) is 0 Å². The van der Waals surface area contributed by atoms with Crippen LogP contribution in [0.25, 0.3) is 0 Å². The van der Waals surface area contributed by atoms with E-state index >= 15 is 0 Å². The fourth-order valence-electron chi connectivity index (χ4n) is 2.41. The van der Waals surface area contributed by atoms with Gasteiger partial charge in [0.2, 0.25) is 0 Å². The van der Waals surface area contributed by atoms with Crippen molar-refractivity contribution >= 4 is 23.8 Å². The van der Waals surface area contributed by atoms with Gasteiger partial charge in [-0.15, -0.1) is 0 Å². The molecule has 1 atom stereocenters. The van der Waals surface area contributed by atoms with Gasteiger partial charge < -0.3 is 15.3 Å². The molecule has 2 amide bonds. The van der Waals surface area contributed by atoms with Crippen molar-refractivity contribution in [2.45, 2.75) is 12.5 Å². The van der Waals surface area contributed by atoms with Crippen LogP contribution in [0.15, 0.2) is 24.3 Å². The predicted octanol–water partition coefficient (Wildman–Crippen LogP) is 1.74. The number of hydrogen-bond acceptors (Lipinski definition) is 3. The SMILES string of the molecule is CSCCNC(=O)N1CCc2ccccc2C1C(=O)O. The molecule has 5 nitrogen and oxygen atoms in total. The Morgan fingerprint density at radius 1 is 1.45 bits per heavy atom. The Balaban J connectivity index is 2.18. The molecular formula is C14H18N2O3S. The minimum Gasteiger partial charge on any atom is -0.479 e. The van der Waals surface area contributed by atoms with Gasteiger partial charge in [-0.2, -0.15) is 11.8 Å². The normalized spacial score (nSPS) is 17.4. The summed E-state index contributed by atoms with van der Waals surface area (Å²) in [5.41, 5.74) is 1.72. The third kappa shape index (κ3) is 3.07. The van der Waals surface area contributed by atoms with Crippen molar-refractivity contribution in [3.05, 3.63) is 35.4 Å². The molecule has 20 heavy (non-hydrogen) atoms. The molecular weight excluding hydrogens is 276 g/mol. The van der Waals surface area contributed by atoms with E-state index < -0.39 is 12.0 Å². The van der Waals surface area contributed by atoms with Crippen LogP contribution in [0.3, 0.4) is 0 Å². The summed E-state index contributed by atoms with van der Waals surface area (Å²) in [6.45, 7) is 0.976. The van der Waals surface area contributed by atoms with E-state index in [4.69, 9.17) is 0 Å². The minimum atomic E-state index is -0.989. The zero-order valence-corrected chi connectivity index (χ0v) is 12.2. The molecule has 1 aromatic carbocycles. The molecule has 0 fully saturated rings. The van der Waals surface area contributed by atoms with Crippen LogP contribution in [0.1, 0.15) is 17.2 Å². The van der Waals surface area contributed by atoms with Crippen LogP contribution in [0.4, 0.5) is 4.79 Å². The van der Waals surface area contributed by atoms with E-state index in [0.717, 1.165) is 11.3 Å². The molecule has 1 heterocycles. The molecule has 108 valence electrons. The van der Waals surface area contributed by atoms with Gasteiger partial charge in [0.15, 0.2) is 6.04 Å². The van der Waals surface area contributed by atoms with Crippen LogP contribution in [0.2, 0.25) is 0 Å². The van der Waals surface area contributed by atoms with Crippen LogP contribution in [0.5, 0.6) is 0 Å². The third-order valence-corrected chi connectivity index (χ3v) is 3.97. The van der Waals surface area contributed by atoms with E-state index in [0.29, 0.717) is 25.1 Å². The molecule has 1 unspecified atom stereocenters. The summed E-state index contributed by atoms with van der Waals surface area (Å²) in [5, 5.41) is 12.2. The molecule has 0 aliphatic carbocycles. The molecule has 6 heteroatoms. The summed E-state index contributed by atoms with van der Waals surface area (Å²) >= 11 is 1.64. The number of urea groups is 1. The monoisotopic (exact) mass is 294 g/mol. The highest BCUT2D eigenvalue weighted by atomic mass is 32.2. The van der Waals surface area contributed by atoms with Gasteiger partial charge >= 0.3 is 12.0 Å². The summed E-state index contributed by atoms with van der Waals surface area (Å²) in [6.07, 6.45) is 2.65. The second kappa shape index (κ2) is 6.65. The fourth-order valence-corrected chi connectivity index (χ4v) is 2.72. The van der Waals surface area contributed by atoms with Gasteiger partial charge in [-0.1, -0.05) is 24.3 Å². The zero-order chi connectivity index (χ0) is 14.5. The average Bonchev–Trinajstić information content (AvgIpc) is 2.45. The molecule has 2 N–H and O–H groups in total. The quantitative estimate of drug-likeness (QED) is 0.830.